The summed E-state index contributed by atoms with van der Waals surface area (Å²) in [6.07, 6.45) is 4.34. The number of piperidine rings is 1. The second-order valence-corrected chi connectivity index (χ2v) is 9.56. The number of aromatic nitrogens is 2. The highest BCUT2D eigenvalue weighted by Crippen LogP contribution is 2.37. The van der Waals surface area contributed by atoms with Gasteiger partial charge in [-0.25, -0.2) is 0 Å². The van der Waals surface area contributed by atoms with Gasteiger partial charge >= 0.3 is 0 Å². The average Bonchev–Trinajstić information content (AvgIpc) is 3.24. The molecule has 5 nitrogen and oxygen atoms in total. The SMILES string of the molecule is O=C(c1ccncc1)N1C[C@@H]2C[C@H](C1)c1ccc(-c3cc4ccccc4s3)c(=O)n1C2. The minimum absolute atomic E-state index is 0.0507. The highest BCUT2D eigenvalue weighted by molar-refractivity contribution is 7.22. The van der Waals surface area contributed by atoms with Crippen LogP contribution in [-0.2, 0) is 6.54 Å². The molecule has 5 heterocycles. The molecule has 1 aromatic carbocycles. The topological polar surface area (TPSA) is 55.2 Å². The lowest BCUT2D eigenvalue weighted by Gasteiger charge is -2.43. The number of nitrogens with zero attached hydrogens (tertiary/aromatic N) is 3. The van der Waals surface area contributed by atoms with Gasteiger partial charge in [-0.1, -0.05) is 18.2 Å². The Morgan fingerprint density at radius 3 is 2.68 bits per heavy atom. The van der Waals surface area contributed by atoms with Crippen molar-refractivity contribution in [1.82, 2.24) is 14.5 Å². The van der Waals surface area contributed by atoms with Crippen LogP contribution in [-0.4, -0.2) is 33.4 Å². The lowest BCUT2D eigenvalue weighted by Crippen LogP contribution is -2.49. The molecular weight excluding hydrogens is 406 g/mol. The molecule has 2 aliphatic rings. The molecule has 0 radical (unpaired) electrons. The molecule has 154 valence electrons. The first-order chi connectivity index (χ1) is 15.2. The summed E-state index contributed by atoms with van der Waals surface area (Å²) in [6.45, 7) is 2.01. The molecule has 3 aromatic heterocycles. The molecule has 0 aliphatic carbocycles. The summed E-state index contributed by atoms with van der Waals surface area (Å²) >= 11 is 1.67. The van der Waals surface area contributed by atoms with E-state index in [0.29, 0.717) is 31.1 Å². The number of carbonyl (C=O) groups excluding carboxylic acids is 1. The van der Waals surface area contributed by atoms with Gasteiger partial charge in [0.2, 0.25) is 0 Å². The minimum Gasteiger partial charge on any atom is -0.338 e. The van der Waals surface area contributed by atoms with Crippen molar-refractivity contribution in [3.63, 3.8) is 0 Å². The fourth-order valence-electron chi connectivity index (χ4n) is 5.09. The zero-order valence-corrected chi connectivity index (χ0v) is 17.7. The molecule has 2 aliphatic heterocycles. The van der Waals surface area contributed by atoms with Gasteiger partial charge in [0.05, 0.1) is 5.56 Å². The van der Waals surface area contributed by atoms with Crippen LogP contribution in [0, 0.1) is 5.92 Å². The number of benzene rings is 1. The maximum atomic E-state index is 13.4. The van der Waals surface area contributed by atoms with Crippen molar-refractivity contribution in [1.29, 1.82) is 0 Å². The predicted octanol–water partition coefficient (Wildman–Crippen LogP) is 4.38. The average molecular weight is 428 g/mol. The summed E-state index contributed by atoms with van der Waals surface area (Å²) in [5.74, 6) is 0.546. The third-order valence-electron chi connectivity index (χ3n) is 6.51. The van der Waals surface area contributed by atoms with Crippen LogP contribution < -0.4 is 5.56 Å². The Balaban J connectivity index is 1.34. The van der Waals surface area contributed by atoms with E-state index in [1.807, 2.05) is 27.7 Å². The summed E-state index contributed by atoms with van der Waals surface area (Å²) < 4.78 is 3.16. The summed E-state index contributed by atoms with van der Waals surface area (Å²) in [6, 6.07) is 18.0. The standard InChI is InChI=1S/C25H21N3O2S/c29-24(17-7-9-26-10-8-17)27-13-16-11-19(15-27)21-6-5-20(25(30)28(21)14-16)23-12-18-3-1-2-4-22(18)31-23/h1-10,12,16,19H,11,13-15H2/t16-,19+/m0/s1. The van der Waals surface area contributed by atoms with Gasteiger partial charge in [0.15, 0.2) is 0 Å². The second kappa shape index (κ2) is 7.17. The first-order valence-electron chi connectivity index (χ1n) is 10.6. The van der Waals surface area contributed by atoms with Crippen molar-refractivity contribution in [3.8, 4) is 10.4 Å². The summed E-state index contributed by atoms with van der Waals surface area (Å²) in [4.78, 5) is 33.4. The van der Waals surface area contributed by atoms with Crippen molar-refractivity contribution < 1.29 is 4.79 Å². The van der Waals surface area contributed by atoms with E-state index in [9.17, 15) is 9.59 Å². The van der Waals surface area contributed by atoms with Gasteiger partial charge in [0.25, 0.3) is 11.5 Å². The van der Waals surface area contributed by atoms with Crippen molar-refractivity contribution >= 4 is 27.3 Å². The molecule has 1 fully saturated rings. The number of likely N-dealkylation sites (tertiary alicyclic amines) is 1. The van der Waals surface area contributed by atoms with Crippen LogP contribution in [0.25, 0.3) is 20.5 Å². The van der Waals surface area contributed by atoms with E-state index in [4.69, 9.17) is 0 Å². The monoisotopic (exact) mass is 427 g/mol. The van der Waals surface area contributed by atoms with Crippen LogP contribution in [0.5, 0.6) is 0 Å². The van der Waals surface area contributed by atoms with Gasteiger partial charge in [0, 0.05) is 58.8 Å². The number of hydrogen-bond donors (Lipinski definition) is 0. The Kier molecular flexibility index (Phi) is 4.28. The van der Waals surface area contributed by atoms with Crippen molar-refractivity contribution in [2.45, 2.75) is 18.9 Å². The van der Waals surface area contributed by atoms with Gasteiger partial charge in [-0.3, -0.25) is 14.6 Å². The van der Waals surface area contributed by atoms with Gasteiger partial charge in [-0.05, 0) is 54.1 Å². The molecule has 2 bridgehead atoms. The Morgan fingerprint density at radius 1 is 1.00 bits per heavy atom. The minimum atomic E-state index is 0.0507. The number of thiophene rings is 1. The highest BCUT2D eigenvalue weighted by atomic mass is 32.1. The van der Waals surface area contributed by atoms with Gasteiger partial charge in [-0.2, -0.15) is 0 Å². The van der Waals surface area contributed by atoms with E-state index in [2.05, 4.69) is 29.2 Å². The second-order valence-electron chi connectivity index (χ2n) is 8.48. The zero-order chi connectivity index (χ0) is 20.9. The van der Waals surface area contributed by atoms with Crippen LogP contribution in [0.4, 0.5) is 0 Å². The predicted molar refractivity (Wildman–Crippen MR) is 123 cm³/mol. The number of carbonyl (C=O) groups is 1. The van der Waals surface area contributed by atoms with Gasteiger partial charge < -0.3 is 9.47 Å². The Labute approximate surface area is 183 Å². The van der Waals surface area contributed by atoms with Crippen LogP contribution in [0.15, 0.2) is 71.8 Å². The molecule has 31 heavy (non-hydrogen) atoms. The van der Waals surface area contributed by atoms with Crippen LogP contribution >= 0.6 is 11.3 Å². The fraction of sp³-hybridized carbons (Fsp3) is 0.240. The zero-order valence-electron chi connectivity index (χ0n) is 16.9. The number of fused-ring (bicyclic) bond motifs is 5. The molecule has 2 atom stereocenters. The molecule has 1 saturated heterocycles. The molecule has 6 rings (SSSR count). The lowest BCUT2D eigenvalue weighted by molar-refractivity contribution is 0.0594. The van der Waals surface area contributed by atoms with E-state index in [0.717, 1.165) is 22.6 Å². The number of pyridine rings is 2. The molecule has 4 aromatic rings. The maximum absolute atomic E-state index is 13.4. The molecule has 6 heteroatoms. The Bertz CT molecular complexity index is 1330. The summed E-state index contributed by atoms with van der Waals surface area (Å²) in [5, 5.41) is 1.17. The fourth-order valence-corrected chi connectivity index (χ4v) is 6.17. The van der Waals surface area contributed by atoms with E-state index in [-0.39, 0.29) is 17.4 Å². The van der Waals surface area contributed by atoms with Gasteiger partial charge in [0.1, 0.15) is 0 Å². The Hall–Kier alpha value is -3.25. The molecule has 0 N–H and O–H groups in total. The van der Waals surface area contributed by atoms with E-state index in [1.54, 1.807) is 35.9 Å². The van der Waals surface area contributed by atoms with E-state index in [1.165, 1.54) is 10.1 Å². The first kappa shape index (κ1) is 18.5. The normalized spacial score (nSPS) is 19.9. The van der Waals surface area contributed by atoms with Crippen LogP contribution in [0.3, 0.4) is 0 Å². The smallest absolute Gasteiger partial charge is 0.259 e. The summed E-state index contributed by atoms with van der Waals surface area (Å²) in [5.41, 5.74) is 2.59. The van der Waals surface area contributed by atoms with Gasteiger partial charge in [-0.15, -0.1) is 11.3 Å². The molecule has 0 spiro atoms. The quantitative estimate of drug-likeness (QED) is 0.477. The highest BCUT2D eigenvalue weighted by Gasteiger charge is 2.37. The number of amides is 1. The van der Waals surface area contributed by atoms with Crippen molar-refractivity contribution in [2.24, 2.45) is 5.92 Å². The molecular formula is C25H21N3O2S. The number of hydrogen-bond acceptors (Lipinski definition) is 4. The number of rotatable bonds is 2. The van der Waals surface area contributed by atoms with E-state index < -0.39 is 0 Å². The maximum Gasteiger partial charge on any atom is 0.259 e. The van der Waals surface area contributed by atoms with Crippen LogP contribution in [0.2, 0.25) is 0 Å². The molecule has 0 unspecified atom stereocenters. The van der Waals surface area contributed by atoms with Crippen LogP contribution in [0.1, 0.15) is 28.4 Å². The van der Waals surface area contributed by atoms with Crippen molar-refractivity contribution in [2.75, 3.05) is 13.1 Å². The molecule has 1 amide bonds. The molecule has 0 saturated carbocycles. The lowest BCUT2D eigenvalue weighted by atomic mass is 9.82. The first-order valence-corrected chi connectivity index (χ1v) is 11.4. The third-order valence-corrected chi connectivity index (χ3v) is 7.66. The third kappa shape index (κ3) is 3.10. The van der Waals surface area contributed by atoms with Crippen molar-refractivity contribution in [3.05, 3.63) is 88.6 Å². The summed E-state index contributed by atoms with van der Waals surface area (Å²) in [7, 11) is 0. The van der Waals surface area contributed by atoms with E-state index >= 15 is 0 Å². The largest absolute Gasteiger partial charge is 0.338 e. The Morgan fingerprint density at radius 2 is 1.84 bits per heavy atom.